The fraction of sp³-hybridized carbons (Fsp3) is 0.111. The van der Waals surface area contributed by atoms with Gasteiger partial charge in [0.15, 0.2) is 11.5 Å². The number of benzene rings is 2. The summed E-state index contributed by atoms with van der Waals surface area (Å²) in [5.74, 6) is 0.700. The van der Waals surface area contributed by atoms with Crippen LogP contribution in [0, 0.1) is 6.92 Å². The molecule has 0 unspecified atom stereocenters. The number of hydrogen-bond acceptors (Lipinski definition) is 5. The zero-order valence-corrected chi connectivity index (χ0v) is 19.5. The van der Waals surface area contributed by atoms with Gasteiger partial charge < -0.3 is 10.7 Å². The number of nitrogens with two attached hydrogens (primary N) is 1. The number of hydrogen-bond donors (Lipinski definition) is 2. The Morgan fingerprint density at radius 1 is 1.14 bits per heavy atom. The molecule has 5 aromatic rings. The maximum atomic E-state index is 13.5. The number of aryl methyl sites for hydroxylation is 1. The van der Waals surface area contributed by atoms with Gasteiger partial charge in [0.2, 0.25) is 0 Å². The van der Waals surface area contributed by atoms with E-state index in [9.17, 15) is 18.0 Å². The van der Waals surface area contributed by atoms with Crippen molar-refractivity contribution in [3.8, 4) is 16.8 Å². The quantitative estimate of drug-likeness (QED) is 0.316. The zero-order chi connectivity index (χ0) is 25.9. The Morgan fingerprint density at radius 2 is 1.97 bits per heavy atom. The van der Waals surface area contributed by atoms with Crippen molar-refractivity contribution in [2.75, 3.05) is 5.73 Å². The molecule has 3 aromatic heterocycles. The van der Waals surface area contributed by atoms with E-state index in [1.807, 2.05) is 25.1 Å². The van der Waals surface area contributed by atoms with Crippen molar-refractivity contribution in [3.63, 3.8) is 0 Å². The third-order valence-corrected chi connectivity index (χ3v) is 6.41. The molecular formula is C27H19F3N6O. The van der Waals surface area contributed by atoms with E-state index in [1.54, 1.807) is 24.3 Å². The number of carbonyl (C=O) groups is 1. The molecule has 0 atom stereocenters. The summed E-state index contributed by atoms with van der Waals surface area (Å²) in [5.41, 5.74) is 10.3. The van der Waals surface area contributed by atoms with Crippen molar-refractivity contribution in [2.24, 2.45) is 0 Å². The standard InChI is InChI=1S/C27H19F3N6O/c1-14-34-22-7-6-19(12-23(22)35-14)36-26(31)21(13-33-36)24(37)18-9-15-4-5-16(10-17(15)11-18)20-3-2-8-32-25(20)27(28,29)30/h2-10,12-13H,11,31H2,1H3,(H,34,35). The Hall–Kier alpha value is -4.73. The summed E-state index contributed by atoms with van der Waals surface area (Å²) >= 11 is 0. The fourth-order valence-corrected chi connectivity index (χ4v) is 4.69. The second-order valence-corrected chi connectivity index (χ2v) is 8.87. The van der Waals surface area contributed by atoms with Gasteiger partial charge in [0, 0.05) is 23.8 Å². The number of H-pyrrole nitrogens is 1. The highest BCUT2D eigenvalue weighted by Gasteiger charge is 2.35. The van der Waals surface area contributed by atoms with Gasteiger partial charge in [-0.2, -0.15) is 18.3 Å². The minimum atomic E-state index is -4.58. The number of Topliss-reactive ketones (excluding diaryl/α,β-unsaturated/α-hetero) is 1. The molecule has 0 aliphatic heterocycles. The van der Waals surface area contributed by atoms with E-state index in [1.165, 1.54) is 23.0 Å². The second kappa shape index (κ2) is 8.16. The van der Waals surface area contributed by atoms with Crippen LogP contribution in [-0.4, -0.2) is 30.5 Å². The van der Waals surface area contributed by atoms with Gasteiger partial charge in [-0.05, 0) is 54.0 Å². The lowest BCUT2D eigenvalue weighted by molar-refractivity contribution is -0.140. The van der Waals surface area contributed by atoms with Crippen LogP contribution in [0.15, 0.2) is 66.5 Å². The van der Waals surface area contributed by atoms with Crippen LogP contribution in [0.1, 0.15) is 33.0 Å². The molecule has 0 bridgehead atoms. The van der Waals surface area contributed by atoms with Crippen LogP contribution in [0.5, 0.6) is 0 Å². The number of imidazole rings is 1. The molecule has 184 valence electrons. The molecule has 6 rings (SSSR count). The highest BCUT2D eigenvalue weighted by atomic mass is 19.4. The third kappa shape index (κ3) is 3.86. The predicted molar refractivity (Wildman–Crippen MR) is 133 cm³/mol. The number of alkyl halides is 3. The number of allylic oxidation sites excluding steroid dienone is 1. The number of carbonyl (C=O) groups excluding carboxylic acids is 1. The SMILES string of the molecule is Cc1nc2ccc(-n3ncc(C(=O)C4=Cc5ccc(-c6cccnc6C(F)(F)F)cc5C4)c3N)cc2[nH]1. The van der Waals surface area contributed by atoms with Crippen molar-refractivity contribution in [1.82, 2.24) is 24.7 Å². The van der Waals surface area contributed by atoms with E-state index >= 15 is 0 Å². The van der Waals surface area contributed by atoms with E-state index in [0.717, 1.165) is 34.2 Å². The van der Waals surface area contributed by atoms with Gasteiger partial charge in [-0.25, -0.2) is 9.67 Å². The number of pyridine rings is 1. The molecule has 1 aliphatic rings. The van der Waals surface area contributed by atoms with Gasteiger partial charge in [-0.3, -0.25) is 9.78 Å². The molecule has 3 heterocycles. The monoisotopic (exact) mass is 500 g/mol. The topological polar surface area (TPSA) is 102 Å². The van der Waals surface area contributed by atoms with Gasteiger partial charge in [0.05, 0.1) is 28.5 Å². The number of anilines is 1. The molecule has 1 aliphatic carbocycles. The molecule has 0 fully saturated rings. The first-order valence-corrected chi connectivity index (χ1v) is 11.4. The van der Waals surface area contributed by atoms with Gasteiger partial charge in [-0.1, -0.05) is 24.3 Å². The average molecular weight is 500 g/mol. The van der Waals surface area contributed by atoms with Gasteiger partial charge in [0.1, 0.15) is 11.6 Å². The number of nitrogens with one attached hydrogen (secondary N) is 1. The van der Waals surface area contributed by atoms with Crippen LogP contribution in [0.3, 0.4) is 0 Å². The van der Waals surface area contributed by atoms with Crippen LogP contribution in [0.2, 0.25) is 0 Å². The Balaban J connectivity index is 1.28. The number of halogens is 3. The molecule has 3 N–H and O–H groups in total. The molecule has 10 heteroatoms. The summed E-state index contributed by atoms with van der Waals surface area (Å²) < 4.78 is 41.9. The Labute approximate surface area is 208 Å². The van der Waals surface area contributed by atoms with E-state index in [0.29, 0.717) is 16.8 Å². The number of aromatic nitrogens is 5. The lowest BCUT2D eigenvalue weighted by Gasteiger charge is -2.12. The summed E-state index contributed by atoms with van der Waals surface area (Å²) in [5, 5.41) is 4.32. The molecular weight excluding hydrogens is 481 g/mol. The van der Waals surface area contributed by atoms with Crippen LogP contribution in [-0.2, 0) is 12.6 Å². The van der Waals surface area contributed by atoms with Crippen molar-refractivity contribution < 1.29 is 18.0 Å². The Bertz CT molecular complexity index is 1740. The first-order chi connectivity index (χ1) is 17.7. The summed E-state index contributed by atoms with van der Waals surface area (Å²) in [6.07, 6.45) is -0.0101. The lowest BCUT2D eigenvalue weighted by atomic mass is 9.98. The number of aromatic amines is 1. The number of ketones is 1. The van der Waals surface area contributed by atoms with E-state index in [4.69, 9.17) is 5.73 Å². The number of rotatable bonds is 4. The molecule has 7 nitrogen and oxygen atoms in total. The Morgan fingerprint density at radius 3 is 2.78 bits per heavy atom. The van der Waals surface area contributed by atoms with Crippen LogP contribution in [0.4, 0.5) is 19.0 Å². The summed E-state index contributed by atoms with van der Waals surface area (Å²) in [6.45, 7) is 1.86. The lowest BCUT2D eigenvalue weighted by Crippen LogP contribution is -2.10. The van der Waals surface area contributed by atoms with E-state index in [2.05, 4.69) is 20.1 Å². The van der Waals surface area contributed by atoms with Crippen molar-refractivity contribution in [2.45, 2.75) is 19.5 Å². The van der Waals surface area contributed by atoms with Crippen LogP contribution >= 0.6 is 0 Å². The predicted octanol–water partition coefficient (Wildman–Crippen LogP) is 5.54. The summed E-state index contributed by atoms with van der Waals surface area (Å²) in [6, 6.07) is 13.4. The highest BCUT2D eigenvalue weighted by molar-refractivity contribution is 6.15. The minimum absolute atomic E-state index is 0.00692. The maximum Gasteiger partial charge on any atom is 0.433 e. The third-order valence-electron chi connectivity index (χ3n) is 6.41. The summed E-state index contributed by atoms with van der Waals surface area (Å²) in [4.78, 5) is 24.4. The van der Waals surface area contributed by atoms with E-state index < -0.39 is 11.9 Å². The normalized spacial score (nSPS) is 13.1. The van der Waals surface area contributed by atoms with Gasteiger partial charge >= 0.3 is 6.18 Å². The largest absolute Gasteiger partial charge is 0.433 e. The zero-order valence-electron chi connectivity index (χ0n) is 19.5. The average Bonchev–Trinajstić information content (AvgIpc) is 3.57. The minimum Gasteiger partial charge on any atom is -0.383 e. The number of fused-ring (bicyclic) bond motifs is 2. The summed E-state index contributed by atoms with van der Waals surface area (Å²) in [7, 11) is 0. The highest BCUT2D eigenvalue weighted by Crippen LogP contribution is 2.38. The molecule has 0 radical (unpaired) electrons. The first kappa shape index (κ1) is 22.7. The molecule has 0 saturated heterocycles. The molecule has 0 spiro atoms. The fourth-order valence-electron chi connectivity index (χ4n) is 4.69. The van der Waals surface area contributed by atoms with Crippen molar-refractivity contribution in [1.29, 1.82) is 0 Å². The molecule has 0 saturated carbocycles. The van der Waals surface area contributed by atoms with E-state index in [-0.39, 0.29) is 29.1 Å². The Kier molecular flexibility index (Phi) is 5.01. The van der Waals surface area contributed by atoms with Gasteiger partial charge in [0.25, 0.3) is 0 Å². The first-order valence-electron chi connectivity index (χ1n) is 11.4. The van der Waals surface area contributed by atoms with Crippen LogP contribution in [0.25, 0.3) is 33.9 Å². The number of nitrogens with zero attached hydrogens (tertiary/aromatic N) is 4. The maximum absolute atomic E-state index is 13.5. The van der Waals surface area contributed by atoms with Crippen molar-refractivity contribution in [3.05, 3.63) is 94.7 Å². The second-order valence-electron chi connectivity index (χ2n) is 8.87. The molecule has 2 aromatic carbocycles. The molecule has 37 heavy (non-hydrogen) atoms. The smallest absolute Gasteiger partial charge is 0.383 e. The van der Waals surface area contributed by atoms with Gasteiger partial charge in [-0.15, -0.1) is 0 Å². The molecule has 0 amide bonds. The van der Waals surface area contributed by atoms with Crippen molar-refractivity contribution >= 4 is 28.7 Å². The number of nitrogen functional groups attached to an aromatic ring is 1. The van der Waals surface area contributed by atoms with Crippen LogP contribution < -0.4 is 5.73 Å².